The molecule has 0 aliphatic rings. The van der Waals surface area contributed by atoms with E-state index < -0.39 is 0 Å². The average molecular weight is 176 g/mol. The van der Waals surface area contributed by atoms with E-state index in [0.717, 1.165) is 6.42 Å². The van der Waals surface area contributed by atoms with Crippen molar-refractivity contribution in [2.24, 2.45) is 11.7 Å². The van der Waals surface area contributed by atoms with Crippen molar-refractivity contribution >= 4 is 17.3 Å². The fraction of sp³-hybridized carbons (Fsp3) is 0.857. The van der Waals surface area contributed by atoms with Crippen LogP contribution in [0.2, 0.25) is 0 Å². The zero-order valence-corrected chi connectivity index (χ0v) is 8.07. The maximum absolute atomic E-state index is 5.70. The molecule has 0 amide bonds. The first-order valence-corrected chi connectivity index (χ1v) is 4.11. The monoisotopic (exact) mass is 176 g/mol. The van der Waals surface area contributed by atoms with E-state index in [1.165, 1.54) is 0 Å². The minimum Gasteiger partial charge on any atom is -0.400 e. The highest BCUT2D eigenvalue weighted by atomic mass is 32.1. The molecule has 0 bridgehead atoms. The number of hydrogen-bond donors (Lipinski definition) is 2. The zero-order chi connectivity index (χ0) is 8.85. The van der Waals surface area contributed by atoms with E-state index in [-0.39, 0.29) is 6.04 Å². The van der Waals surface area contributed by atoms with Gasteiger partial charge in [-0.1, -0.05) is 13.8 Å². The molecule has 0 saturated carbocycles. The minimum atomic E-state index is -0.141. The molecule has 11 heavy (non-hydrogen) atoms. The number of hydrogen-bond acceptors (Lipinski definition) is 4. The quantitative estimate of drug-likeness (QED) is 0.492. The Morgan fingerprint density at radius 1 is 1.64 bits per heavy atom. The van der Waals surface area contributed by atoms with E-state index in [9.17, 15) is 0 Å². The third-order valence-electron chi connectivity index (χ3n) is 1.23. The maximum atomic E-state index is 5.70. The van der Waals surface area contributed by atoms with Crippen molar-refractivity contribution in [3.63, 3.8) is 0 Å². The number of thiocarbonyl (C=S) groups is 1. The normalized spacial score (nSPS) is 13.2. The molecule has 0 fully saturated rings. The molecular formula is C7H16N2OS. The zero-order valence-electron chi connectivity index (χ0n) is 7.26. The first-order chi connectivity index (χ1) is 5.07. The van der Waals surface area contributed by atoms with E-state index in [2.05, 4.69) is 19.3 Å². The molecule has 3 N–H and O–H groups in total. The maximum Gasteiger partial charge on any atom is 0.203 e. The predicted molar refractivity (Wildman–Crippen MR) is 50.2 cm³/mol. The summed E-state index contributed by atoms with van der Waals surface area (Å²) in [4.78, 5) is 4.86. The molecule has 0 aromatic rings. The summed E-state index contributed by atoms with van der Waals surface area (Å²) in [7, 11) is 1.66. The number of rotatable bonds is 4. The Balaban J connectivity index is 3.64. The van der Waals surface area contributed by atoms with E-state index >= 15 is 0 Å². The summed E-state index contributed by atoms with van der Waals surface area (Å²) in [5.41, 5.74) is 8.20. The van der Waals surface area contributed by atoms with Crippen molar-refractivity contribution in [3.8, 4) is 0 Å². The lowest BCUT2D eigenvalue weighted by Crippen LogP contribution is -2.34. The molecule has 3 nitrogen and oxygen atoms in total. The fourth-order valence-electron chi connectivity index (χ4n) is 0.780. The van der Waals surface area contributed by atoms with Gasteiger partial charge in [-0.2, -0.15) is 5.48 Å². The lowest BCUT2D eigenvalue weighted by atomic mass is 10.1. The predicted octanol–water partition coefficient (Wildman–Crippen LogP) is 0.838. The van der Waals surface area contributed by atoms with Gasteiger partial charge in [-0.15, -0.1) is 0 Å². The van der Waals surface area contributed by atoms with Crippen molar-refractivity contribution in [1.82, 2.24) is 5.48 Å². The second-order valence-electron chi connectivity index (χ2n) is 2.86. The third-order valence-corrected chi connectivity index (χ3v) is 1.62. The van der Waals surface area contributed by atoms with Gasteiger partial charge in [0.25, 0.3) is 0 Å². The minimum absolute atomic E-state index is 0.141. The lowest BCUT2D eigenvalue weighted by Gasteiger charge is -2.14. The van der Waals surface area contributed by atoms with Crippen LogP contribution in [0.5, 0.6) is 0 Å². The van der Waals surface area contributed by atoms with Gasteiger partial charge in [0.2, 0.25) is 5.05 Å². The summed E-state index contributed by atoms with van der Waals surface area (Å²) in [5.74, 6) is 0.545. The largest absolute Gasteiger partial charge is 0.400 e. The molecule has 0 radical (unpaired) electrons. The van der Waals surface area contributed by atoms with Gasteiger partial charge in [-0.25, -0.2) is 0 Å². The summed E-state index contributed by atoms with van der Waals surface area (Å²) < 4.78 is 0. The second kappa shape index (κ2) is 5.46. The molecular weight excluding hydrogens is 160 g/mol. The summed E-state index contributed by atoms with van der Waals surface area (Å²) in [6, 6.07) is -0.141. The standard InChI is InChI=1S/C7H16N2OS/c1-5(2)4-6(8)7(11)10-9-3/h5-6,9H,4,8H2,1-3H3/t6-/m0/s1. The molecule has 66 valence electrons. The fourth-order valence-corrected chi connectivity index (χ4v) is 0.960. The molecule has 0 aliphatic carbocycles. The van der Waals surface area contributed by atoms with Crippen LogP contribution in [0.4, 0.5) is 0 Å². The summed E-state index contributed by atoms with van der Waals surface area (Å²) in [5, 5.41) is 0.432. The van der Waals surface area contributed by atoms with Crippen molar-refractivity contribution in [2.45, 2.75) is 26.3 Å². The van der Waals surface area contributed by atoms with Crippen LogP contribution in [0, 0.1) is 5.92 Å². The highest BCUT2D eigenvalue weighted by molar-refractivity contribution is 7.80. The van der Waals surface area contributed by atoms with Crippen molar-refractivity contribution < 1.29 is 4.84 Å². The summed E-state index contributed by atoms with van der Waals surface area (Å²) in [6.45, 7) is 4.20. The van der Waals surface area contributed by atoms with Crippen LogP contribution in [-0.2, 0) is 4.84 Å². The van der Waals surface area contributed by atoms with Crippen LogP contribution in [0.3, 0.4) is 0 Å². The van der Waals surface area contributed by atoms with Crippen LogP contribution >= 0.6 is 12.2 Å². The van der Waals surface area contributed by atoms with Gasteiger partial charge >= 0.3 is 0 Å². The van der Waals surface area contributed by atoms with Crippen molar-refractivity contribution in [3.05, 3.63) is 0 Å². The third kappa shape index (κ3) is 5.12. The summed E-state index contributed by atoms with van der Waals surface area (Å²) in [6.07, 6.45) is 0.862. The molecule has 1 atom stereocenters. The average Bonchev–Trinajstić information content (AvgIpc) is 1.86. The molecule has 0 aromatic heterocycles. The van der Waals surface area contributed by atoms with Gasteiger partial charge in [-0.05, 0) is 24.6 Å². The molecule has 0 heterocycles. The molecule has 0 aromatic carbocycles. The molecule has 0 spiro atoms. The van der Waals surface area contributed by atoms with Gasteiger partial charge in [0.15, 0.2) is 0 Å². The van der Waals surface area contributed by atoms with E-state index in [0.29, 0.717) is 11.0 Å². The highest BCUT2D eigenvalue weighted by Crippen LogP contribution is 2.04. The topological polar surface area (TPSA) is 47.3 Å². The number of nitrogens with one attached hydrogen (secondary N) is 1. The molecule has 4 heteroatoms. The van der Waals surface area contributed by atoms with Crippen LogP contribution in [0.1, 0.15) is 20.3 Å². The smallest absolute Gasteiger partial charge is 0.203 e. The Labute approximate surface area is 73.2 Å². The molecule has 0 rings (SSSR count). The van der Waals surface area contributed by atoms with Crippen molar-refractivity contribution in [2.75, 3.05) is 7.05 Å². The van der Waals surface area contributed by atoms with Gasteiger partial charge < -0.3 is 10.6 Å². The van der Waals surface area contributed by atoms with Gasteiger partial charge in [0.1, 0.15) is 0 Å². The Kier molecular flexibility index (Phi) is 5.36. The Morgan fingerprint density at radius 2 is 2.18 bits per heavy atom. The van der Waals surface area contributed by atoms with Crippen molar-refractivity contribution in [1.29, 1.82) is 0 Å². The van der Waals surface area contributed by atoms with Crippen LogP contribution in [0.25, 0.3) is 0 Å². The Bertz CT molecular complexity index is 128. The highest BCUT2D eigenvalue weighted by Gasteiger charge is 2.11. The number of nitrogens with two attached hydrogens (primary N) is 1. The van der Waals surface area contributed by atoms with Crippen LogP contribution in [-0.4, -0.2) is 18.1 Å². The van der Waals surface area contributed by atoms with Gasteiger partial charge in [0.05, 0.1) is 6.04 Å². The first-order valence-electron chi connectivity index (χ1n) is 3.71. The van der Waals surface area contributed by atoms with Crippen LogP contribution in [0.15, 0.2) is 0 Å². The van der Waals surface area contributed by atoms with E-state index in [1.54, 1.807) is 7.05 Å². The lowest BCUT2D eigenvalue weighted by molar-refractivity contribution is 0.203. The van der Waals surface area contributed by atoms with Gasteiger partial charge in [0, 0.05) is 7.05 Å². The van der Waals surface area contributed by atoms with Gasteiger partial charge in [-0.3, -0.25) is 0 Å². The van der Waals surface area contributed by atoms with E-state index in [1.807, 2.05) is 0 Å². The molecule has 0 unspecified atom stereocenters. The summed E-state index contributed by atoms with van der Waals surface area (Å²) >= 11 is 4.88. The second-order valence-corrected chi connectivity index (χ2v) is 3.26. The SMILES string of the molecule is CNOC(=S)[C@@H](N)CC(C)C. The first kappa shape index (κ1) is 10.8. The Morgan fingerprint density at radius 3 is 2.55 bits per heavy atom. The molecule has 0 aliphatic heterocycles. The van der Waals surface area contributed by atoms with Crippen LogP contribution < -0.4 is 11.2 Å². The Hall–Kier alpha value is -0.190. The number of hydroxylamine groups is 1. The molecule has 0 saturated heterocycles. The van der Waals surface area contributed by atoms with E-state index in [4.69, 9.17) is 22.8 Å².